The van der Waals surface area contributed by atoms with Crippen LogP contribution in [-0.2, 0) is 16.0 Å². The van der Waals surface area contributed by atoms with Gasteiger partial charge in [-0.25, -0.2) is 14.0 Å². The number of carbonyl (C=O) groups excluding carboxylic acids is 2. The molecule has 1 heterocycles. The fourth-order valence-corrected chi connectivity index (χ4v) is 3.94. The molecule has 5 nitrogen and oxygen atoms in total. The first-order valence-electron chi connectivity index (χ1n) is 12.1. The van der Waals surface area contributed by atoms with Gasteiger partial charge in [-0.05, 0) is 42.0 Å². The normalized spacial score (nSPS) is 16.2. The molecule has 0 bridgehead atoms. The van der Waals surface area contributed by atoms with Crippen LogP contribution in [0, 0.1) is 16.6 Å². The quantitative estimate of drug-likeness (QED) is 0.339. The molecule has 6 heteroatoms. The van der Waals surface area contributed by atoms with Crippen LogP contribution >= 0.6 is 0 Å². The molecule has 1 aliphatic rings. The minimum atomic E-state index is -0.766. The van der Waals surface area contributed by atoms with Crippen LogP contribution in [0.15, 0.2) is 109 Å². The highest BCUT2D eigenvalue weighted by Gasteiger charge is 2.48. The van der Waals surface area contributed by atoms with E-state index in [-0.39, 0.29) is 5.82 Å². The van der Waals surface area contributed by atoms with Crippen LogP contribution in [0.25, 0.3) is 0 Å². The van der Waals surface area contributed by atoms with Gasteiger partial charge in [-0.2, -0.15) is 0 Å². The Morgan fingerprint density at radius 1 is 0.676 bits per heavy atom. The zero-order chi connectivity index (χ0) is 26.6. The SMILES string of the molecule is CC1(C)C(OC(=O)c2ccccc2)=CN(Cc2ccc(F)cc2)C=C(OC(=O)c2ccccc2)C1(C)C. The van der Waals surface area contributed by atoms with Crippen LogP contribution < -0.4 is 0 Å². The number of benzene rings is 3. The van der Waals surface area contributed by atoms with Crippen molar-refractivity contribution in [3.8, 4) is 0 Å². The Labute approximate surface area is 216 Å². The summed E-state index contributed by atoms with van der Waals surface area (Å²) in [7, 11) is 0. The van der Waals surface area contributed by atoms with E-state index in [1.54, 1.807) is 78.0 Å². The molecular formula is C31H30FNO4. The topological polar surface area (TPSA) is 55.8 Å². The smallest absolute Gasteiger partial charge is 0.343 e. The maximum atomic E-state index is 13.5. The van der Waals surface area contributed by atoms with Crippen LogP contribution in [0.5, 0.6) is 0 Å². The molecule has 190 valence electrons. The van der Waals surface area contributed by atoms with E-state index in [0.717, 1.165) is 5.56 Å². The van der Waals surface area contributed by atoms with Crippen LogP contribution in [0.4, 0.5) is 4.39 Å². The lowest BCUT2D eigenvalue weighted by atomic mass is 9.66. The molecule has 0 aliphatic carbocycles. The zero-order valence-electron chi connectivity index (χ0n) is 21.4. The van der Waals surface area contributed by atoms with Crippen molar-refractivity contribution in [1.29, 1.82) is 0 Å². The molecule has 0 aromatic heterocycles. The van der Waals surface area contributed by atoms with Crippen molar-refractivity contribution in [2.45, 2.75) is 34.2 Å². The second kappa shape index (κ2) is 10.4. The molecule has 0 amide bonds. The molecule has 0 unspecified atom stereocenters. The highest BCUT2D eigenvalue weighted by Crippen LogP contribution is 2.51. The zero-order valence-corrected chi connectivity index (χ0v) is 21.4. The van der Waals surface area contributed by atoms with Crippen molar-refractivity contribution in [2.24, 2.45) is 10.8 Å². The van der Waals surface area contributed by atoms with E-state index in [1.807, 2.05) is 39.8 Å². The summed E-state index contributed by atoms with van der Waals surface area (Å²) in [4.78, 5) is 27.9. The van der Waals surface area contributed by atoms with Crippen molar-refractivity contribution >= 4 is 11.9 Å². The number of allylic oxidation sites excluding steroid dienone is 2. The minimum absolute atomic E-state index is 0.331. The summed E-state index contributed by atoms with van der Waals surface area (Å²) >= 11 is 0. The largest absolute Gasteiger partial charge is 0.425 e. The van der Waals surface area contributed by atoms with Crippen molar-refractivity contribution in [3.63, 3.8) is 0 Å². The molecule has 37 heavy (non-hydrogen) atoms. The van der Waals surface area contributed by atoms with E-state index in [9.17, 15) is 14.0 Å². The Balaban J connectivity index is 1.73. The first-order valence-corrected chi connectivity index (χ1v) is 12.1. The average Bonchev–Trinajstić information content (AvgIpc) is 2.95. The second-order valence-corrected chi connectivity index (χ2v) is 10.0. The molecule has 0 radical (unpaired) electrons. The number of hydrogen-bond donors (Lipinski definition) is 0. The molecule has 0 spiro atoms. The molecule has 0 saturated carbocycles. The summed E-state index contributed by atoms with van der Waals surface area (Å²) < 4.78 is 25.5. The Hall–Kier alpha value is -4.19. The van der Waals surface area contributed by atoms with E-state index in [1.165, 1.54) is 12.1 Å². The van der Waals surface area contributed by atoms with Crippen molar-refractivity contribution in [1.82, 2.24) is 4.90 Å². The fourth-order valence-electron chi connectivity index (χ4n) is 3.94. The predicted molar refractivity (Wildman–Crippen MR) is 139 cm³/mol. The van der Waals surface area contributed by atoms with Crippen LogP contribution in [0.2, 0.25) is 0 Å². The number of rotatable bonds is 6. The summed E-state index contributed by atoms with van der Waals surface area (Å²) in [5, 5.41) is 0. The molecule has 0 N–H and O–H groups in total. The van der Waals surface area contributed by atoms with Gasteiger partial charge in [0.15, 0.2) is 0 Å². The molecule has 3 aromatic carbocycles. The van der Waals surface area contributed by atoms with Gasteiger partial charge in [0, 0.05) is 29.8 Å². The van der Waals surface area contributed by atoms with Gasteiger partial charge in [0.05, 0.1) is 11.1 Å². The van der Waals surface area contributed by atoms with E-state index < -0.39 is 22.8 Å². The van der Waals surface area contributed by atoms with Gasteiger partial charge >= 0.3 is 11.9 Å². The summed E-state index contributed by atoms with van der Waals surface area (Å²) in [5.74, 6) is -0.474. The molecule has 1 aliphatic heterocycles. The molecule has 4 rings (SSSR count). The number of nitrogens with zero attached hydrogens (tertiary/aromatic N) is 1. The van der Waals surface area contributed by atoms with Crippen LogP contribution in [0.3, 0.4) is 0 Å². The molecule has 3 aromatic rings. The molecular weight excluding hydrogens is 469 g/mol. The molecule has 0 fully saturated rings. The highest BCUT2D eigenvalue weighted by atomic mass is 19.1. The summed E-state index contributed by atoms with van der Waals surface area (Å²) in [6, 6.07) is 23.7. The maximum absolute atomic E-state index is 13.5. The number of esters is 2. The fraction of sp³-hybridized carbons (Fsp3) is 0.226. The summed E-state index contributed by atoms with van der Waals surface area (Å²) in [6.07, 6.45) is 3.49. The first kappa shape index (κ1) is 25.9. The van der Waals surface area contributed by atoms with Crippen LogP contribution in [-0.4, -0.2) is 16.8 Å². The molecule has 0 saturated heterocycles. The monoisotopic (exact) mass is 499 g/mol. The van der Waals surface area contributed by atoms with Gasteiger partial charge in [0.2, 0.25) is 0 Å². The lowest BCUT2D eigenvalue weighted by Gasteiger charge is -2.41. The summed E-state index contributed by atoms with van der Waals surface area (Å²) in [5.41, 5.74) is 0.147. The third kappa shape index (κ3) is 5.64. The van der Waals surface area contributed by atoms with Crippen molar-refractivity contribution < 1.29 is 23.5 Å². The lowest BCUT2D eigenvalue weighted by molar-refractivity contribution is 0.0238. The average molecular weight is 500 g/mol. The first-order chi connectivity index (χ1) is 17.6. The van der Waals surface area contributed by atoms with Gasteiger partial charge in [-0.1, -0.05) is 76.2 Å². The standard InChI is InChI=1S/C31H30FNO4/c1-30(2)26(36-28(34)23-11-7-5-8-12-23)20-33(19-22-15-17-25(32)18-16-22)21-27(31(30,3)4)37-29(35)24-13-9-6-10-14-24/h5-18,20-21H,19H2,1-4H3. The van der Waals surface area contributed by atoms with Gasteiger partial charge < -0.3 is 14.4 Å². The Bertz CT molecular complexity index is 1250. The molecule has 0 atom stereocenters. The number of halogens is 1. The van der Waals surface area contributed by atoms with Gasteiger partial charge in [-0.3, -0.25) is 0 Å². The van der Waals surface area contributed by atoms with Gasteiger partial charge in [0.25, 0.3) is 0 Å². The minimum Gasteiger partial charge on any atom is -0.425 e. The third-order valence-corrected chi connectivity index (χ3v) is 7.06. The number of hydrogen-bond acceptors (Lipinski definition) is 5. The summed E-state index contributed by atoms with van der Waals surface area (Å²) in [6.45, 7) is 8.13. The van der Waals surface area contributed by atoms with Crippen molar-refractivity contribution in [2.75, 3.05) is 0 Å². The van der Waals surface area contributed by atoms with E-state index in [4.69, 9.17) is 9.47 Å². The lowest BCUT2D eigenvalue weighted by Crippen LogP contribution is -2.38. The number of ether oxygens (including phenoxy) is 2. The Kier molecular flexibility index (Phi) is 7.30. The number of carbonyl (C=O) groups is 2. The Morgan fingerprint density at radius 3 is 1.49 bits per heavy atom. The van der Waals surface area contributed by atoms with E-state index >= 15 is 0 Å². The second-order valence-electron chi connectivity index (χ2n) is 10.0. The van der Waals surface area contributed by atoms with Crippen LogP contribution in [0.1, 0.15) is 54.0 Å². The van der Waals surface area contributed by atoms with E-state index in [2.05, 4.69) is 0 Å². The predicted octanol–water partition coefficient (Wildman–Crippen LogP) is 7.09. The maximum Gasteiger partial charge on any atom is 0.343 e. The van der Waals surface area contributed by atoms with Crippen molar-refractivity contribution in [3.05, 3.63) is 131 Å². The highest BCUT2D eigenvalue weighted by molar-refractivity contribution is 5.90. The van der Waals surface area contributed by atoms with Gasteiger partial charge in [-0.15, -0.1) is 0 Å². The Morgan fingerprint density at radius 2 is 1.08 bits per heavy atom. The van der Waals surface area contributed by atoms with E-state index in [0.29, 0.717) is 29.2 Å². The van der Waals surface area contributed by atoms with Gasteiger partial charge in [0.1, 0.15) is 17.3 Å². The third-order valence-electron chi connectivity index (χ3n) is 7.06.